The molecule has 1 atom stereocenters. The Labute approximate surface area is 130 Å². The second-order valence-corrected chi connectivity index (χ2v) is 5.97. The van der Waals surface area contributed by atoms with E-state index in [0.717, 1.165) is 12.8 Å². The first-order chi connectivity index (χ1) is 9.95. The Hall–Kier alpha value is -1.12. The molecule has 21 heavy (non-hydrogen) atoms. The molecular formula is C18H32O3. The van der Waals surface area contributed by atoms with Crippen molar-refractivity contribution in [1.82, 2.24) is 0 Å². The average molecular weight is 296 g/mol. The fourth-order valence-electron chi connectivity index (χ4n) is 2.20. The number of hydrogen-bond donors (Lipinski definition) is 0. The van der Waals surface area contributed by atoms with Crippen LogP contribution in [-0.2, 0) is 14.3 Å². The molecule has 0 fully saturated rings. The predicted octanol–water partition coefficient (Wildman–Crippen LogP) is 4.98. The normalized spacial score (nSPS) is 13.0. The number of esters is 1. The third kappa shape index (κ3) is 13.6. The molecule has 0 N–H and O–H groups in total. The number of ether oxygens (including phenoxy) is 1. The summed E-state index contributed by atoms with van der Waals surface area (Å²) < 4.78 is 5.18. The SMILES string of the molecule is CCCCCCC/C(C)=C\CCC(C)OC(=O)CC(C)=O. The van der Waals surface area contributed by atoms with Gasteiger partial charge in [-0.3, -0.25) is 9.59 Å². The molecule has 0 saturated heterocycles. The molecule has 3 nitrogen and oxygen atoms in total. The van der Waals surface area contributed by atoms with Gasteiger partial charge in [0.1, 0.15) is 12.2 Å². The highest BCUT2D eigenvalue weighted by molar-refractivity contribution is 5.94. The maximum Gasteiger partial charge on any atom is 0.313 e. The van der Waals surface area contributed by atoms with Gasteiger partial charge in [0.15, 0.2) is 0 Å². The van der Waals surface area contributed by atoms with Crippen LogP contribution in [0.2, 0.25) is 0 Å². The van der Waals surface area contributed by atoms with E-state index < -0.39 is 5.97 Å². The van der Waals surface area contributed by atoms with Gasteiger partial charge in [-0.2, -0.15) is 0 Å². The maximum absolute atomic E-state index is 11.3. The summed E-state index contributed by atoms with van der Waals surface area (Å²) in [6.45, 7) is 7.69. The van der Waals surface area contributed by atoms with E-state index in [1.165, 1.54) is 51.0 Å². The first-order valence-corrected chi connectivity index (χ1v) is 8.30. The number of allylic oxidation sites excluding steroid dienone is 2. The molecule has 0 aromatic carbocycles. The van der Waals surface area contributed by atoms with Gasteiger partial charge in [0.25, 0.3) is 0 Å². The highest BCUT2D eigenvalue weighted by Gasteiger charge is 2.10. The third-order valence-electron chi connectivity index (χ3n) is 3.47. The van der Waals surface area contributed by atoms with Crippen LogP contribution in [0.4, 0.5) is 0 Å². The Kier molecular flexibility index (Phi) is 11.9. The fourth-order valence-corrected chi connectivity index (χ4v) is 2.20. The zero-order valence-corrected chi connectivity index (χ0v) is 14.2. The van der Waals surface area contributed by atoms with Gasteiger partial charge in [-0.25, -0.2) is 0 Å². The molecule has 0 aromatic heterocycles. The molecule has 0 aliphatic heterocycles. The zero-order chi connectivity index (χ0) is 16.1. The predicted molar refractivity (Wildman–Crippen MR) is 87.2 cm³/mol. The first-order valence-electron chi connectivity index (χ1n) is 8.30. The molecule has 1 unspecified atom stereocenters. The van der Waals surface area contributed by atoms with Crippen LogP contribution in [0.3, 0.4) is 0 Å². The van der Waals surface area contributed by atoms with Crippen LogP contribution in [0.25, 0.3) is 0 Å². The van der Waals surface area contributed by atoms with E-state index in [1.807, 2.05) is 6.92 Å². The van der Waals surface area contributed by atoms with Crippen molar-refractivity contribution in [3.05, 3.63) is 11.6 Å². The molecule has 0 saturated carbocycles. The molecule has 0 radical (unpaired) electrons. The molecular weight excluding hydrogens is 264 g/mol. The van der Waals surface area contributed by atoms with E-state index >= 15 is 0 Å². The van der Waals surface area contributed by atoms with Gasteiger partial charge in [-0.05, 0) is 46.5 Å². The molecule has 0 rings (SSSR count). The smallest absolute Gasteiger partial charge is 0.313 e. The van der Waals surface area contributed by atoms with E-state index in [9.17, 15) is 9.59 Å². The summed E-state index contributed by atoms with van der Waals surface area (Å²) in [4.78, 5) is 22.1. The lowest BCUT2D eigenvalue weighted by Crippen LogP contribution is -2.16. The van der Waals surface area contributed by atoms with E-state index in [0.29, 0.717) is 0 Å². The van der Waals surface area contributed by atoms with Crippen molar-refractivity contribution >= 4 is 11.8 Å². The molecule has 0 bridgehead atoms. The van der Waals surface area contributed by atoms with Crippen LogP contribution in [0.5, 0.6) is 0 Å². The van der Waals surface area contributed by atoms with Gasteiger partial charge in [0.2, 0.25) is 0 Å². The molecule has 0 aliphatic carbocycles. The largest absolute Gasteiger partial charge is 0.462 e. The summed E-state index contributed by atoms with van der Waals surface area (Å²) in [6, 6.07) is 0. The van der Waals surface area contributed by atoms with Crippen molar-refractivity contribution in [2.45, 2.75) is 91.6 Å². The van der Waals surface area contributed by atoms with Crippen molar-refractivity contribution < 1.29 is 14.3 Å². The second kappa shape index (κ2) is 12.6. The molecule has 0 heterocycles. The first kappa shape index (κ1) is 19.9. The summed E-state index contributed by atoms with van der Waals surface area (Å²) >= 11 is 0. The van der Waals surface area contributed by atoms with Crippen LogP contribution in [-0.4, -0.2) is 17.9 Å². The molecule has 0 aromatic rings. The minimum Gasteiger partial charge on any atom is -0.462 e. The van der Waals surface area contributed by atoms with Crippen LogP contribution in [0, 0.1) is 0 Å². The minimum absolute atomic E-state index is 0.114. The fraction of sp³-hybridized carbons (Fsp3) is 0.778. The van der Waals surface area contributed by atoms with Crippen LogP contribution < -0.4 is 0 Å². The van der Waals surface area contributed by atoms with Gasteiger partial charge < -0.3 is 4.74 Å². The summed E-state index contributed by atoms with van der Waals surface area (Å²) in [5, 5.41) is 0. The summed E-state index contributed by atoms with van der Waals surface area (Å²) in [7, 11) is 0. The Balaban J connectivity index is 3.71. The van der Waals surface area contributed by atoms with Crippen molar-refractivity contribution in [1.29, 1.82) is 0 Å². The zero-order valence-electron chi connectivity index (χ0n) is 14.2. The van der Waals surface area contributed by atoms with Gasteiger partial charge in [0.05, 0.1) is 6.10 Å². The lowest BCUT2D eigenvalue weighted by atomic mass is 10.0. The van der Waals surface area contributed by atoms with Gasteiger partial charge in [-0.1, -0.05) is 44.3 Å². The highest BCUT2D eigenvalue weighted by atomic mass is 16.5. The lowest BCUT2D eigenvalue weighted by Gasteiger charge is -2.11. The number of rotatable bonds is 12. The summed E-state index contributed by atoms with van der Waals surface area (Å²) in [6.07, 6.45) is 11.5. The summed E-state index contributed by atoms with van der Waals surface area (Å²) in [5.74, 6) is -0.558. The van der Waals surface area contributed by atoms with E-state index in [1.54, 1.807) is 0 Å². The van der Waals surface area contributed by atoms with Gasteiger partial charge in [-0.15, -0.1) is 0 Å². The quantitative estimate of drug-likeness (QED) is 0.221. The van der Waals surface area contributed by atoms with Crippen LogP contribution in [0.15, 0.2) is 11.6 Å². The highest BCUT2D eigenvalue weighted by Crippen LogP contribution is 2.13. The Morgan fingerprint density at radius 1 is 1.10 bits per heavy atom. The third-order valence-corrected chi connectivity index (χ3v) is 3.47. The van der Waals surface area contributed by atoms with E-state index in [4.69, 9.17) is 4.74 Å². The van der Waals surface area contributed by atoms with Gasteiger partial charge >= 0.3 is 5.97 Å². The van der Waals surface area contributed by atoms with Crippen molar-refractivity contribution in [2.24, 2.45) is 0 Å². The van der Waals surface area contributed by atoms with Crippen LogP contribution in [0.1, 0.15) is 85.5 Å². The molecule has 122 valence electrons. The standard InChI is InChI=1S/C18H32O3/c1-5-6-7-8-9-11-15(2)12-10-13-17(4)21-18(20)14-16(3)19/h12,17H,5-11,13-14H2,1-4H3/b15-12-. The number of unbranched alkanes of at least 4 members (excludes halogenated alkanes) is 4. The number of ketones is 1. The monoisotopic (exact) mass is 296 g/mol. The van der Waals surface area contributed by atoms with Crippen LogP contribution >= 0.6 is 0 Å². The Bertz CT molecular complexity index is 331. The second-order valence-electron chi connectivity index (χ2n) is 5.97. The number of carbonyl (C=O) groups excluding carboxylic acids is 2. The lowest BCUT2D eigenvalue weighted by molar-refractivity contribution is -0.150. The number of Topliss-reactive ketones (excluding diaryl/α,β-unsaturated/α-hetero) is 1. The minimum atomic E-state index is -0.411. The van der Waals surface area contributed by atoms with Gasteiger partial charge in [0, 0.05) is 0 Å². The van der Waals surface area contributed by atoms with Crippen molar-refractivity contribution in [3.63, 3.8) is 0 Å². The molecule has 3 heteroatoms. The summed E-state index contributed by atoms with van der Waals surface area (Å²) in [5.41, 5.74) is 1.42. The maximum atomic E-state index is 11.3. The van der Waals surface area contributed by atoms with E-state index in [2.05, 4.69) is 19.9 Å². The molecule has 0 aliphatic rings. The number of hydrogen-bond acceptors (Lipinski definition) is 3. The molecule has 0 spiro atoms. The van der Waals surface area contributed by atoms with Crippen molar-refractivity contribution in [3.8, 4) is 0 Å². The average Bonchev–Trinajstić information content (AvgIpc) is 2.37. The molecule has 0 amide bonds. The van der Waals surface area contributed by atoms with Crippen molar-refractivity contribution in [2.75, 3.05) is 0 Å². The number of carbonyl (C=O) groups is 2. The topological polar surface area (TPSA) is 43.4 Å². The Morgan fingerprint density at radius 3 is 2.38 bits per heavy atom. The van der Waals surface area contributed by atoms with E-state index in [-0.39, 0.29) is 18.3 Å². The Morgan fingerprint density at radius 2 is 1.76 bits per heavy atom.